The fourth-order valence-corrected chi connectivity index (χ4v) is 4.13. The van der Waals surface area contributed by atoms with Crippen molar-refractivity contribution >= 4 is 6.29 Å². The van der Waals surface area contributed by atoms with E-state index in [0.29, 0.717) is 6.29 Å². The Morgan fingerprint density at radius 2 is 1.64 bits per heavy atom. The number of aldehydes is 1. The van der Waals surface area contributed by atoms with Crippen molar-refractivity contribution < 1.29 is 28.5 Å². The molecule has 2 heterocycles. The van der Waals surface area contributed by atoms with Crippen molar-refractivity contribution in [3.8, 4) is 0 Å². The first-order valence-electron chi connectivity index (χ1n) is 10.8. The van der Waals surface area contributed by atoms with Crippen LogP contribution in [0.1, 0.15) is 25.0 Å². The van der Waals surface area contributed by atoms with E-state index in [0.717, 1.165) is 11.1 Å². The molecule has 0 saturated carbocycles. The van der Waals surface area contributed by atoms with Crippen molar-refractivity contribution in [2.45, 2.75) is 63.0 Å². The molecule has 0 aromatic heterocycles. The summed E-state index contributed by atoms with van der Waals surface area (Å²) in [4.78, 5) is 15.2. The van der Waals surface area contributed by atoms with Crippen LogP contribution in [-0.2, 0) is 41.7 Å². The van der Waals surface area contributed by atoms with Crippen LogP contribution in [0.3, 0.4) is 0 Å². The lowest BCUT2D eigenvalue weighted by molar-refractivity contribution is -0.243. The number of benzene rings is 2. The van der Waals surface area contributed by atoms with Gasteiger partial charge in [0, 0.05) is 4.91 Å². The lowest BCUT2D eigenvalue weighted by atomic mass is 9.91. The largest absolute Gasteiger partial charge is 0.375 e. The highest BCUT2D eigenvalue weighted by Crippen LogP contribution is 2.43. The Hall–Kier alpha value is -2.78. The predicted octanol–water partition coefficient (Wildman–Crippen LogP) is 3.91. The van der Waals surface area contributed by atoms with Gasteiger partial charge in [0.25, 0.3) is 0 Å². The van der Waals surface area contributed by atoms with Crippen LogP contribution in [-0.4, -0.2) is 48.8 Å². The van der Waals surface area contributed by atoms with Gasteiger partial charge in [-0.05, 0) is 30.5 Å². The predicted molar refractivity (Wildman–Crippen MR) is 118 cm³/mol. The zero-order chi connectivity index (χ0) is 23.3. The molecule has 33 heavy (non-hydrogen) atoms. The van der Waals surface area contributed by atoms with Crippen molar-refractivity contribution in [1.82, 2.24) is 0 Å². The van der Waals surface area contributed by atoms with Gasteiger partial charge in [-0.15, -0.1) is 0 Å². The first-order chi connectivity index (χ1) is 16.0. The van der Waals surface area contributed by atoms with E-state index in [2.05, 4.69) is 10.0 Å². The number of hydrogen-bond acceptors (Lipinski definition) is 7. The molecule has 174 valence electrons. The zero-order valence-electron chi connectivity index (χ0n) is 18.6. The minimum Gasteiger partial charge on any atom is -0.375 e. The van der Waals surface area contributed by atoms with Gasteiger partial charge in [-0.1, -0.05) is 65.8 Å². The summed E-state index contributed by atoms with van der Waals surface area (Å²) in [6.45, 7) is 3.90. The molecule has 9 heteroatoms. The van der Waals surface area contributed by atoms with E-state index in [4.69, 9.17) is 23.7 Å². The van der Waals surface area contributed by atoms with Crippen LogP contribution in [0.4, 0.5) is 0 Å². The van der Waals surface area contributed by atoms with E-state index in [1.54, 1.807) is 13.8 Å². The summed E-state index contributed by atoms with van der Waals surface area (Å²) < 4.78 is 30.0. The van der Waals surface area contributed by atoms with Crippen LogP contribution < -0.4 is 0 Å². The fraction of sp³-hybridized carbons (Fsp3) is 0.458. The molecule has 0 unspecified atom stereocenters. The first kappa shape index (κ1) is 23.4. The van der Waals surface area contributed by atoms with Gasteiger partial charge >= 0.3 is 0 Å². The Kier molecular flexibility index (Phi) is 7.09. The van der Waals surface area contributed by atoms with Crippen LogP contribution in [0.25, 0.3) is 10.4 Å². The summed E-state index contributed by atoms with van der Waals surface area (Å²) in [5.41, 5.74) is 9.49. The lowest BCUT2D eigenvalue weighted by Gasteiger charge is -2.32. The summed E-state index contributed by atoms with van der Waals surface area (Å²) in [6.07, 6.45) is -2.49. The Morgan fingerprint density at radius 3 is 2.24 bits per heavy atom. The molecule has 5 atom stereocenters. The molecule has 2 aliphatic rings. The van der Waals surface area contributed by atoms with Crippen molar-refractivity contribution in [2.24, 2.45) is 5.11 Å². The lowest BCUT2D eigenvalue weighted by Crippen LogP contribution is -2.52. The summed E-state index contributed by atoms with van der Waals surface area (Å²) in [7, 11) is 0. The maximum Gasteiger partial charge on any atom is 0.187 e. The number of rotatable bonds is 10. The third-order valence-electron chi connectivity index (χ3n) is 5.64. The molecule has 2 aromatic rings. The average molecular weight is 453 g/mol. The smallest absolute Gasteiger partial charge is 0.187 e. The van der Waals surface area contributed by atoms with E-state index < -0.39 is 35.9 Å². The van der Waals surface area contributed by atoms with Crippen molar-refractivity contribution in [3.05, 3.63) is 82.2 Å². The molecule has 2 aromatic carbocycles. The molecule has 9 nitrogen and oxygen atoms in total. The van der Waals surface area contributed by atoms with E-state index in [-0.39, 0.29) is 19.8 Å². The number of hydrogen-bond donors (Lipinski definition) is 0. The molecular weight excluding hydrogens is 426 g/mol. The molecule has 0 spiro atoms. The van der Waals surface area contributed by atoms with Crippen LogP contribution >= 0.6 is 0 Å². The molecule has 0 N–H and O–H groups in total. The van der Waals surface area contributed by atoms with Crippen LogP contribution in [0.5, 0.6) is 0 Å². The summed E-state index contributed by atoms with van der Waals surface area (Å²) in [5.74, 6) is -0.915. The molecule has 0 bridgehead atoms. The van der Waals surface area contributed by atoms with Gasteiger partial charge < -0.3 is 28.5 Å². The van der Waals surface area contributed by atoms with Gasteiger partial charge in [0.1, 0.15) is 24.6 Å². The van der Waals surface area contributed by atoms with Gasteiger partial charge in [-0.3, -0.25) is 0 Å². The van der Waals surface area contributed by atoms with Gasteiger partial charge in [0.15, 0.2) is 17.6 Å². The second kappa shape index (κ2) is 10.0. The number of nitrogens with zero attached hydrogens (tertiary/aromatic N) is 3. The maximum absolute atomic E-state index is 12.3. The summed E-state index contributed by atoms with van der Waals surface area (Å²) >= 11 is 0. The van der Waals surface area contributed by atoms with Gasteiger partial charge in [0.2, 0.25) is 0 Å². The highest BCUT2D eigenvalue weighted by Gasteiger charge is 2.62. The minimum absolute atomic E-state index is 0.182. The van der Waals surface area contributed by atoms with E-state index >= 15 is 0 Å². The number of carbonyl (C=O) groups excluding carboxylic acids is 1. The second-order valence-corrected chi connectivity index (χ2v) is 8.56. The number of azide groups is 1. The van der Waals surface area contributed by atoms with Crippen molar-refractivity contribution in [2.75, 3.05) is 6.61 Å². The molecule has 0 aliphatic carbocycles. The molecule has 2 saturated heterocycles. The number of ether oxygens (including phenoxy) is 5. The van der Waals surface area contributed by atoms with Crippen LogP contribution in [0, 0.1) is 0 Å². The highest BCUT2D eigenvalue weighted by atomic mass is 16.8. The molecule has 2 aliphatic heterocycles. The molecule has 0 amide bonds. The molecular formula is C24H27N3O6. The molecule has 2 fully saturated rings. The van der Waals surface area contributed by atoms with Crippen LogP contribution in [0.15, 0.2) is 65.8 Å². The third kappa shape index (κ3) is 5.25. The third-order valence-corrected chi connectivity index (χ3v) is 5.64. The molecule has 0 radical (unpaired) electrons. The topological polar surface area (TPSA) is 112 Å². The standard InChI is InChI=1S/C24H27N3O6/c1-23(2)32-19-20(33-23)22(30-14-18-11-7-4-8-12-18)31-21(19)24(15-28,26-27-25)16-29-13-17-9-5-3-6-10-17/h3-12,15,19-22H,13-14,16H2,1-2H3/t19-,20+,21+,22+,24-/m1/s1. The second-order valence-electron chi connectivity index (χ2n) is 8.56. The summed E-state index contributed by atoms with van der Waals surface area (Å²) in [5, 5.41) is 3.82. The zero-order valence-corrected chi connectivity index (χ0v) is 18.6. The average Bonchev–Trinajstić information content (AvgIpc) is 3.31. The van der Waals surface area contributed by atoms with E-state index in [9.17, 15) is 10.3 Å². The maximum atomic E-state index is 12.3. The number of fused-ring (bicyclic) bond motifs is 1. The van der Waals surface area contributed by atoms with Gasteiger partial charge in [-0.2, -0.15) is 0 Å². The fourth-order valence-electron chi connectivity index (χ4n) is 4.13. The van der Waals surface area contributed by atoms with Gasteiger partial charge in [0.05, 0.1) is 19.8 Å². The van der Waals surface area contributed by atoms with Gasteiger partial charge in [-0.25, -0.2) is 0 Å². The normalized spacial score (nSPS) is 27.3. The SMILES string of the molecule is CC1(C)O[C@@H]2[C@@H](OCc3ccccc3)O[C@H]([C@@](C=O)(COCc3ccccc3)N=[N+]=[N-])[C@@H]2O1. The van der Waals surface area contributed by atoms with Crippen molar-refractivity contribution in [1.29, 1.82) is 0 Å². The van der Waals surface area contributed by atoms with E-state index in [1.165, 1.54) is 0 Å². The monoisotopic (exact) mass is 453 g/mol. The quantitative estimate of drug-likeness (QED) is 0.233. The van der Waals surface area contributed by atoms with Crippen LogP contribution in [0.2, 0.25) is 0 Å². The Labute approximate surface area is 192 Å². The minimum atomic E-state index is -1.65. The first-order valence-corrected chi connectivity index (χ1v) is 10.8. The Bertz CT molecular complexity index is 982. The summed E-state index contributed by atoms with van der Waals surface area (Å²) in [6, 6.07) is 19.1. The Morgan fingerprint density at radius 1 is 1.03 bits per heavy atom. The Balaban J connectivity index is 1.53. The van der Waals surface area contributed by atoms with Crippen molar-refractivity contribution in [3.63, 3.8) is 0 Å². The molecule has 4 rings (SSSR count). The van der Waals surface area contributed by atoms with E-state index in [1.807, 2.05) is 60.7 Å². The highest BCUT2D eigenvalue weighted by molar-refractivity contribution is 5.66. The number of carbonyl (C=O) groups is 1.